The standard InChI is InChI=1S/C21H29N3O5S/c1-21(2)14-19(25)22(3)17-7-6-15(13-16(17)21)30(27,28)24-10-8-23(9-11-24)20(26)18-5-4-12-29-18/h6-7,13,18H,4-5,8-12,14H2,1-3H3. The van der Waals surface area contributed by atoms with Gasteiger partial charge in [0.1, 0.15) is 6.10 Å². The third-order valence-electron chi connectivity index (χ3n) is 6.42. The lowest BCUT2D eigenvalue weighted by Crippen LogP contribution is -2.52. The van der Waals surface area contributed by atoms with Crippen LogP contribution >= 0.6 is 0 Å². The van der Waals surface area contributed by atoms with Gasteiger partial charge in [-0.15, -0.1) is 0 Å². The molecule has 4 rings (SSSR count). The average molecular weight is 436 g/mol. The Morgan fingerprint density at radius 2 is 1.87 bits per heavy atom. The summed E-state index contributed by atoms with van der Waals surface area (Å²) >= 11 is 0. The summed E-state index contributed by atoms with van der Waals surface area (Å²) in [5.41, 5.74) is 1.18. The van der Waals surface area contributed by atoms with Crippen molar-refractivity contribution >= 4 is 27.5 Å². The fourth-order valence-electron chi connectivity index (χ4n) is 4.51. The maximum Gasteiger partial charge on any atom is 0.251 e. The summed E-state index contributed by atoms with van der Waals surface area (Å²) in [5, 5.41) is 0. The van der Waals surface area contributed by atoms with E-state index in [1.807, 2.05) is 13.8 Å². The summed E-state index contributed by atoms with van der Waals surface area (Å²) in [5.74, 6) is -0.0112. The van der Waals surface area contributed by atoms with Gasteiger partial charge in [0.25, 0.3) is 5.91 Å². The van der Waals surface area contributed by atoms with Crippen LogP contribution < -0.4 is 4.90 Å². The molecule has 0 bridgehead atoms. The summed E-state index contributed by atoms with van der Waals surface area (Å²) < 4.78 is 33.5. The predicted molar refractivity (Wildman–Crippen MR) is 112 cm³/mol. The number of carbonyl (C=O) groups is 2. The number of amides is 2. The molecule has 9 heteroatoms. The van der Waals surface area contributed by atoms with E-state index < -0.39 is 15.4 Å². The maximum atomic E-state index is 13.3. The van der Waals surface area contributed by atoms with Crippen molar-refractivity contribution in [2.45, 2.75) is 49.5 Å². The van der Waals surface area contributed by atoms with E-state index in [1.54, 1.807) is 35.0 Å². The molecule has 3 aliphatic rings. The minimum Gasteiger partial charge on any atom is -0.368 e. The van der Waals surface area contributed by atoms with Crippen molar-refractivity contribution in [2.24, 2.45) is 0 Å². The van der Waals surface area contributed by atoms with Gasteiger partial charge in [0.15, 0.2) is 0 Å². The van der Waals surface area contributed by atoms with Gasteiger partial charge in [0, 0.05) is 57.4 Å². The summed E-state index contributed by atoms with van der Waals surface area (Å²) in [6, 6.07) is 5.00. The monoisotopic (exact) mass is 435 g/mol. The molecule has 2 amide bonds. The molecule has 30 heavy (non-hydrogen) atoms. The Hall–Kier alpha value is -1.97. The summed E-state index contributed by atoms with van der Waals surface area (Å²) in [6.45, 7) is 5.79. The second-order valence-corrected chi connectivity index (χ2v) is 10.9. The number of hydrogen-bond acceptors (Lipinski definition) is 5. The van der Waals surface area contributed by atoms with Crippen LogP contribution in [0.15, 0.2) is 23.1 Å². The Balaban J connectivity index is 1.52. The molecule has 3 heterocycles. The summed E-state index contributed by atoms with van der Waals surface area (Å²) in [4.78, 5) is 28.3. The molecule has 0 N–H and O–H groups in total. The van der Waals surface area contributed by atoms with Crippen molar-refractivity contribution < 1.29 is 22.7 Å². The lowest BCUT2D eigenvalue weighted by Gasteiger charge is -2.38. The molecule has 2 fully saturated rings. The van der Waals surface area contributed by atoms with Crippen LogP contribution in [0.1, 0.15) is 38.7 Å². The highest BCUT2D eigenvalue weighted by Crippen LogP contribution is 2.41. The van der Waals surface area contributed by atoms with Gasteiger partial charge in [0.05, 0.1) is 4.90 Å². The van der Waals surface area contributed by atoms with E-state index in [4.69, 9.17) is 4.74 Å². The smallest absolute Gasteiger partial charge is 0.251 e. The fourth-order valence-corrected chi connectivity index (χ4v) is 5.96. The molecular weight excluding hydrogens is 406 g/mol. The van der Waals surface area contributed by atoms with Crippen molar-refractivity contribution in [3.8, 4) is 0 Å². The normalized spacial score (nSPS) is 24.8. The van der Waals surface area contributed by atoms with Crippen LogP contribution in [0.5, 0.6) is 0 Å². The Morgan fingerprint density at radius 1 is 1.17 bits per heavy atom. The molecule has 3 aliphatic heterocycles. The molecule has 0 aliphatic carbocycles. The van der Waals surface area contributed by atoms with Crippen LogP contribution in [0.3, 0.4) is 0 Å². The SMILES string of the molecule is CN1C(=O)CC(C)(C)c2cc(S(=O)(=O)N3CCN(C(=O)C4CCCO4)CC3)ccc21. The van der Waals surface area contributed by atoms with E-state index in [9.17, 15) is 18.0 Å². The zero-order valence-electron chi connectivity index (χ0n) is 17.8. The highest BCUT2D eigenvalue weighted by atomic mass is 32.2. The van der Waals surface area contributed by atoms with Gasteiger partial charge in [-0.25, -0.2) is 8.42 Å². The first-order valence-electron chi connectivity index (χ1n) is 10.4. The second kappa shape index (κ2) is 7.62. The molecule has 0 saturated carbocycles. The number of hydrogen-bond donors (Lipinski definition) is 0. The van der Waals surface area contributed by atoms with Crippen LogP contribution in [0, 0.1) is 0 Å². The highest BCUT2D eigenvalue weighted by molar-refractivity contribution is 7.89. The second-order valence-electron chi connectivity index (χ2n) is 8.92. The topological polar surface area (TPSA) is 87.2 Å². The minimum atomic E-state index is -3.68. The molecule has 0 spiro atoms. The molecule has 1 atom stereocenters. The Morgan fingerprint density at radius 3 is 2.50 bits per heavy atom. The van der Waals surface area contributed by atoms with Gasteiger partial charge in [-0.2, -0.15) is 4.31 Å². The van der Waals surface area contributed by atoms with Gasteiger partial charge in [-0.1, -0.05) is 13.8 Å². The molecule has 1 aromatic rings. The first-order chi connectivity index (χ1) is 14.1. The molecule has 164 valence electrons. The van der Waals surface area contributed by atoms with Gasteiger partial charge in [-0.05, 0) is 36.6 Å². The third kappa shape index (κ3) is 3.63. The van der Waals surface area contributed by atoms with Crippen molar-refractivity contribution in [3.63, 3.8) is 0 Å². The Labute approximate surface area is 177 Å². The van der Waals surface area contributed by atoms with E-state index in [2.05, 4.69) is 0 Å². The number of piperazine rings is 1. The van der Waals surface area contributed by atoms with E-state index >= 15 is 0 Å². The van der Waals surface area contributed by atoms with E-state index in [0.29, 0.717) is 26.1 Å². The number of nitrogens with zero attached hydrogens (tertiary/aromatic N) is 3. The molecule has 0 aromatic heterocycles. The molecule has 8 nitrogen and oxygen atoms in total. The zero-order valence-corrected chi connectivity index (χ0v) is 18.6. The number of ether oxygens (including phenoxy) is 1. The number of rotatable bonds is 3. The van der Waals surface area contributed by atoms with Crippen LogP contribution in [0.2, 0.25) is 0 Å². The van der Waals surface area contributed by atoms with Gasteiger partial charge < -0.3 is 14.5 Å². The third-order valence-corrected chi connectivity index (χ3v) is 8.31. The van der Waals surface area contributed by atoms with Crippen LogP contribution in [-0.2, 0) is 29.8 Å². The zero-order chi connectivity index (χ0) is 21.7. The number of sulfonamides is 1. The summed E-state index contributed by atoms with van der Waals surface area (Å²) in [6.07, 6.45) is 1.58. The van der Waals surface area contributed by atoms with Crippen molar-refractivity contribution in [1.82, 2.24) is 9.21 Å². The quantitative estimate of drug-likeness (QED) is 0.715. The van der Waals surface area contributed by atoms with Gasteiger partial charge >= 0.3 is 0 Å². The molecule has 2 saturated heterocycles. The predicted octanol–water partition coefficient (Wildman–Crippen LogP) is 1.34. The van der Waals surface area contributed by atoms with Crippen LogP contribution in [-0.4, -0.2) is 75.4 Å². The van der Waals surface area contributed by atoms with E-state index in [0.717, 1.165) is 24.1 Å². The Bertz CT molecular complexity index is 961. The number of anilines is 1. The largest absolute Gasteiger partial charge is 0.368 e. The minimum absolute atomic E-state index is 0.0233. The van der Waals surface area contributed by atoms with Crippen molar-refractivity contribution in [2.75, 3.05) is 44.7 Å². The van der Waals surface area contributed by atoms with Crippen molar-refractivity contribution in [3.05, 3.63) is 23.8 Å². The lowest BCUT2D eigenvalue weighted by molar-refractivity contribution is -0.142. The summed E-state index contributed by atoms with van der Waals surface area (Å²) in [7, 11) is -1.97. The van der Waals surface area contributed by atoms with E-state index in [-0.39, 0.29) is 35.9 Å². The number of carbonyl (C=O) groups excluding carboxylic acids is 2. The number of fused-ring (bicyclic) bond motifs is 1. The average Bonchev–Trinajstić information content (AvgIpc) is 3.26. The fraction of sp³-hybridized carbons (Fsp3) is 0.619. The van der Waals surface area contributed by atoms with E-state index in [1.165, 1.54) is 4.31 Å². The highest BCUT2D eigenvalue weighted by Gasteiger charge is 2.38. The first-order valence-corrected chi connectivity index (χ1v) is 11.9. The van der Waals surface area contributed by atoms with Crippen molar-refractivity contribution in [1.29, 1.82) is 0 Å². The first kappa shape index (κ1) is 21.3. The van der Waals surface area contributed by atoms with Gasteiger partial charge in [0.2, 0.25) is 15.9 Å². The van der Waals surface area contributed by atoms with Crippen LogP contribution in [0.25, 0.3) is 0 Å². The van der Waals surface area contributed by atoms with Crippen LogP contribution in [0.4, 0.5) is 5.69 Å². The number of benzene rings is 1. The van der Waals surface area contributed by atoms with Gasteiger partial charge in [-0.3, -0.25) is 9.59 Å². The Kier molecular flexibility index (Phi) is 5.40. The molecule has 0 radical (unpaired) electrons. The lowest BCUT2D eigenvalue weighted by atomic mass is 9.77. The maximum absolute atomic E-state index is 13.3. The molecule has 1 unspecified atom stereocenters. The molecule has 1 aromatic carbocycles. The molecular formula is C21H29N3O5S.